The van der Waals surface area contributed by atoms with Gasteiger partial charge in [0.15, 0.2) is 0 Å². The molecule has 1 aliphatic heterocycles. The van der Waals surface area contributed by atoms with Crippen molar-refractivity contribution in [1.29, 1.82) is 5.26 Å². The largest absolute Gasteiger partial charge is 0.339 e. The topological polar surface area (TPSA) is 64.8 Å². The molecule has 1 saturated carbocycles. The third-order valence-electron chi connectivity index (χ3n) is 4.02. The quantitative estimate of drug-likeness (QED) is 0.881. The van der Waals surface area contributed by atoms with E-state index < -0.39 is 0 Å². The number of nitrogens with one attached hydrogen (secondary N) is 1. The molecule has 1 aliphatic carbocycles. The Morgan fingerprint density at radius 3 is 2.85 bits per heavy atom. The van der Waals surface area contributed by atoms with E-state index in [2.05, 4.69) is 26.3 Å². The first-order valence-corrected chi connectivity index (χ1v) is 7.48. The Kier molecular flexibility index (Phi) is 3.83. The Labute approximate surface area is 120 Å². The van der Waals surface area contributed by atoms with Crippen LogP contribution in [0, 0.1) is 24.2 Å². The Morgan fingerprint density at radius 1 is 1.35 bits per heavy atom. The number of nitriles is 1. The van der Waals surface area contributed by atoms with Crippen molar-refractivity contribution >= 4 is 5.95 Å². The minimum Gasteiger partial charge on any atom is -0.339 e. The second kappa shape index (κ2) is 5.76. The molecule has 106 valence electrons. The van der Waals surface area contributed by atoms with Crippen LogP contribution in [0.1, 0.15) is 37.1 Å². The Morgan fingerprint density at radius 2 is 2.20 bits per heavy atom. The molecule has 1 aromatic heterocycles. The molecule has 1 atom stereocenters. The fraction of sp³-hybridized carbons (Fsp3) is 0.667. The fourth-order valence-corrected chi connectivity index (χ4v) is 2.78. The molecular weight excluding hydrogens is 250 g/mol. The van der Waals surface area contributed by atoms with Crippen LogP contribution in [0.15, 0.2) is 6.07 Å². The van der Waals surface area contributed by atoms with Gasteiger partial charge >= 0.3 is 0 Å². The van der Waals surface area contributed by atoms with Gasteiger partial charge in [0.05, 0.1) is 0 Å². The number of aryl methyl sites for hydroxylation is 1. The van der Waals surface area contributed by atoms with Crippen LogP contribution in [-0.4, -0.2) is 35.6 Å². The van der Waals surface area contributed by atoms with Gasteiger partial charge in [-0.05, 0) is 51.1 Å². The van der Waals surface area contributed by atoms with Crippen molar-refractivity contribution in [1.82, 2.24) is 15.3 Å². The predicted molar refractivity (Wildman–Crippen MR) is 77.4 cm³/mol. The van der Waals surface area contributed by atoms with E-state index in [1.165, 1.54) is 25.7 Å². The van der Waals surface area contributed by atoms with Gasteiger partial charge in [-0.25, -0.2) is 9.97 Å². The van der Waals surface area contributed by atoms with Crippen molar-refractivity contribution in [2.45, 2.75) is 38.6 Å². The molecule has 2 aliphatic rings. The zero-order valence-corrected chi connectivity index (χ0v) is 12.0. The zero-order valence-electron chi connectivity index (χ0n) is 12.0. The lowest BCUT2D eigenvalue weighted by Crippen LogP contribution is -2.39. The second-order valence-corrected chi connectivity index (χ2v) is 5.95. The average Bonchev–Trinajstić information content (AvgIpc) is 3.11. The normalized spacial score (nSPS) is 21.7. The molecule has 0 amide bonds. The summed E-state index contributed by atoms with van der Waals surface area (Å²) in [5.74, 6) is 1.51. The number of nitrogens with zero attached hydrogens (tertiary/aromatic N) is 4. The van der Waals surface area contributed by atoms with Crippen LogP contribution in [-0.2, 0) is 0 Å². The Bertz CT molecular complexity index is 511. The van der Waals surface area contributed by atoms with Crippen LogP contribution < -0.4 is 10.2 Å². The van der Waals surface area contributed by atoms with Crippen LogP contribution in [0.3, 0.4) is 0 Å². The van der Waals surface area contributed by atoms with E-state index in [0.717, 1.165) is 37.2 Å². The van der Waals surface area contributed by atoms with E-state index >= 15 is 0 Å². The Hall–Kier alpha value is -1.67. The van der Waals surface area contributed by atoms with E-state index in [4.69, 9.17) is 5.26 Å². The lowest BCUT2D eigenvalue weighted by Gasteiger charge is -2.26. The fourth-order valence-electron chi connectivity index (χ4n) is 2.78. The Balaban J connectivity index is 1.79. The first kappa shape index (κ1) is 13.3. The van der Waals surface area contributed by atoms with Crippen molar-refractivity contribution < 1.29 is 0 Å². The first-order valence-electron chi connectivity index (χ1n) is 7.48. The van der Waals surface area contributed by atoms with E-state index in [1.54, 1.807) is 6.07 Å². The van der Waals surface area contributed by atoms with E-state index in [0.29, 0.717) is 11.7 Å². The summed E-state index contributed by atoms with van der Waals surface area (Å²) in [7, 11) is 0. The molecule has 0 aromatic carbocycles. The molecule has 2 heterocycles. The van der Waals surface area contributed by atoms with Gasteiger partial charge in [-0.2, -0.15) is 5.26 Å². The molecule has 0 spiro atoms. The van der Waals surface area contributed by atoms with Gasteiger partial charge in [-0.15, -0.1) is 0 Å². The zero-order chi connectivity index (χ0) is 13.9. The van der Waals surface area contributed by atoms with Gasteiger partial charge in [-0.3, -0.25) is 0 Å². The monoisotopic (exact) mass is 271 g/mol. The molecule has 5 heteroatoms. The van der Waals surface area contributed by atoms with E-state index in [-0.39, 0.29) is 0 Å². The minimum atomic E-state index is 0.465. The first-order chi connectivity index (χ1) is 9.74. The summed E-state index contributed by atoms with van der Waals surface area (Å²) in [5.41, 5.74) is 1.33. The van der Waals surface area contributed by atoms with Gasteiger partial charge in [-0.1, -0.05) is 0 Å². The molecule has 2 fully saturated rings. The highest BCUT2D eigenvalue weighted by atomic mass is 15.3. The van der Waals surface area contributed by atoms with E-state index in [1.807, 2.05) is 6.92 Å². The SMILES string of the molecule is Cc1cc(C#N)nc(N(CC2CC2)CC2CCCN2)n1. The second-order valence-electron chi connectivity index (χ2n) is 5.95. The van der Waals surface area contributed by atoms with Gasteiger partial charge in [0, 0.05) is 24.8 Å². The summed E-state index contributed by atoms with van der Waals surface area (Å²) in [6.45, 7) is 5.01. The van der Waals surface area contributed by atoms with Crippen LogP contribution in [0.25, 0.3) is 0 Å². The smallest absolute Gasteiger partial charge is 0.226 e. The lowest BCUT2D eigenvalue weighted by molar-refractivity contribution is 0.562. The van der Waals surface area contributed by atoms with Gasteiger partial charge in [0.2, 0.25) is 5.95 Å². The minimum absolute atomic E-state index is 0.465. The molecule has 5 nitrogen and oxygen atoms in total. The third kappa shape index (κ3) is 3.26. The van der Waals surface area contributed by atoms with Crippen LogP contribution in [0.5, 0.6) is 0 Å². The molecule has 1 unspecified atom stereocenters. The summed E-state index contributed by atoms with van der Waals surface area (Å²) >= 11 is 0. The highest BCUT2D eigenvalue weighted by Crippen LogP contribution is 2.31. The van der Waals surface area contributed by atoms with Gasteiger partial charge < -0.3 is 10.2 Å². The summed E-state index contributed by atoms with van der Waals surface area (Å²) < 4.78 is 0. The van der Waals surface area contributed by atoms with Gasteiger partial charge in [0.25, 0.3) is 0 Å². The number of rotatable bonds is 5. The third-order valence-corrected chi connectivity index (χ3v) is 4.02. The van der Waals surface area contributed by atoms with Crippen molar-refractivity contribution in [3.8, 4) is 6.07 Å². The molecule has 0 radical (unpaired) electrons. The molecule has 1 saturated heterocycles. The molecule has 3 rings (SSSR count). The number of hydrogen-bond donors (Lipinski definition) is 1. The highest BCUT2D eigenvalue weighted by molar-refractivity contribution is 5.36. The summed E-state index contributed by atoms with van der Waals surface area (Å²) in [4.78, 5) is 11.2. The van der Waals surface area contributed by atoms with E-state index in [9.17, 15) is 0 Å². The average molecular weight is 271 g/mol. The summed E-state index contributed by atoms with van der Waals surface area (Å²) in [5, 5.41) is 12.6. The maximum Gasteiger partial charge on any atom is 0.226 e. The summed E-state index contributed by atoms with van der Waals surface area (Å²) in [6.07, 6.45) is 5.09. The van der Waals surface area contributed by atoms with Crippen molar-refractivity contribution in [3.05, 3.63) is 17.5 Å². The maximum atomic E-state index is 9.08. The van der Waals surface area contributed by atoms with Crippen molar-refractivity contribution in [2.24, 2.45) is 5.92 Å². The molecule has 1 N–H and O–H groups in total. The predicted octanol–water partition coefficient (Wildman–Crippen LogP) is 1.63. The van der Waals surface area contributed by atoms with Crippen LogP contribution in [0.2, 0.25) is 0 Å². The maximum absolute atomic E-state index is 9.08. The molecule has 20 heavy (non-hydrogen) atoms. The lowest BCUT2D eigenvalue weighted by atomic mass is 10.2. The standard InChI is InChI=1S/C15H21N5/c1-11-7-14(8-16)19-15(18-11)20(9-12-4-5-12)10-13-3-2-6-17-13/h7,12-13,17H,2-6,9-10H2,1H3. The molecule has 1 aromatic rings. The highest BCUT2D eigenvalue weighted by Gasteiger charge is 2.28. The number of anilines is 1. The van der Waals surface area contributed by atoms with Gasteiger partial charge in [0.1, 0.15) is 11.8 Å². The number of aromatic nitrogens is 2. The number of hydrogen-bond acceptors (Lipinski definition) is 5. The van der Waals surface area contributed by atoms with Crippen LogP contribution >= 0.6 is 0 Å². The van der Waals surface area contributed by atoms with Crippen LogP contribution in [0.4, 0.5) is 5.95 Å². The summed E-state index contributed by atoms with van der Waals surface area (Å²) in [6, 6.07) is 4.41. The molecule has 0 bridgehead atoms. The van der Waals surface area contributed by atoms with Crippen molar-refractivity contribution in [2.75, 3.05) is 24.5 Å². The molecular formula is C15H21N5. The van der Waals surface area contributed by atoms with Crippen molar-refractivity contribution in [3.63, 3.8) is 0 Å².